The van der Waals surface area contributed by atoms with Crippen LogP contribution >= 0.6 is 23.5 Å². The monoisotopic (exact) mass is 320 g/mol. The molecule has 2 fully saturated rings. The quantitative estimate of drug-likeness (QED) is 0.860. The van der Waals surface area contributed by atoms with E-state index in [1.54, 1.807) is 0 Å². The van der Waals surface area contributed by atoms with Crippen molar-refractivity contribution in [1.82, 2.24) is 0 Å². The number of hydrogen-bond donors (Lipinski definition) is 1. The fourth-order valence-electron chi connectivity index (χ4n) is 3.14. The molecule has 2 aliphatic rings. The average Bonchev–Trinajstić information content (AvgIpc) is 2.70. The van der Waals surface area contributed by atoms with E-state index in [0.717, 1.165) is 0 Å². The van der Waals surface area contributed by atoms with Gasteiger partial charge in [0.2, 0.25) is 0 Å². The summed E-state index contributed by atoms with van der Waals surface area (Å²) in [4.78, 5) is 0. The molecule has 3 nitrogen and oxygen atoms in total. The summed E-state index contributed by atoms with van der Waals surface area (Å²) in [6, 6.07) is 0. The molecule has 5 heteroatoms. The van der Waals surface area contributed by atoms with E-state index in [2.05, 4.69) is 13.8 Å². The number of hydrogen-bond acceptors (Lipinski definition) is 5. The molecular formula is C15H28O3S2. The molecule has 0 aromatic carbocycles. The van der Waals surface area contributed by atoms with Crippen molar-refractivity contribution in [3.63, 3.8) is 0 Å². The highest BCUT2D eigenvalue weighted by atomic mass is 32.2. The van der Waals surface area contributed by atoms with E-state index in [9.17, 15) is 5.11 Å². The van der Waals surface area contributed by atoms with Gasteiger partial charge in [-0.1, -0.05) is 13.8 Å². The molecule has 0 spiro atoms. The number of aliphatic hydroxyl groups is 1. The second-order valence-corrected chi connectivity index (χ2v) is 9.27. The molecule has 0 aromatic heterocycles. The molecule has 1 N–H and O–H groups in total. The third-order valence-corrected chi connectivity index (χ3v) is 7.61. The van der Waals surface area contributed by atoms with Gasteiger partial charge >= 0.3 is 0 Å². The number of thioether (sulfide) groups is 2. The molecule has 2 saturated heterocycles. The Bertz CT molecular complexity index is 318. The van der Waals surface area contributed by atoms with Crippen LogP contribution in [0.4, 0.5) is 0 Å². The second-order valence-electron chi connectivity index (χ2n) is 6.48. The minimum Gasteiger partial charge on any atom is -0.392 e. The molecule has 2 aliphatic heterocycles. The van der Waals surface area contributed by atoms with Gasteiger partial charge in [0.05, 0.1) is 22.9 Å². The lowest BCUT2D eigenvalue weighted by Gasteiger charge is -2.35. The Morgan fingerprint density at radius 2 is 1.70 bits per heavy atom. The first kappa shape index (κ1) is 16.9. The molecule has 0 saturated carbocycles. The molecule has 0 bridgehead atoms. The summed E-state index contributed by atoms with van der Waals surface area (Å²) in [5.74, 6) is 2.27. The standard InChI is InChI=1S/C15H28O3S2/c1-9(13-11(3)17-15(4,5)18-13)12(16)10(2)14-19-7-6-8-20-14/h9-14,16H,6-8H2,1-5H3/t9-,10-,11+,12+,13+/m1/s1. The Labute approximate surface area is 131 Å². The van der Waals surface area contributed by atoms with Crippen LogP contribution in [0.25, 0.3) is 0 Å². The van der Waals surface area contributed by atoms with Crippen LogP contribution in [0.1, 0.15) is 41.0 Å². The third-order valence-electron chi connectivity index (χ3n) is 4.23. The Kier molecular flexibility index (Phi) is 5.74. The third kappa shape index (κ3) is 3.86. The largest absolute Gasteiger partial charge is 0.392 e. The smallest absolute Gasteiger partial charge is 0.163 e. The van der Waals surface area contributed by atoms with Crippen LogP contribution in [0.2, 0.25) is 0 Å². The van der Waals surface area contributed by atoms with Crippen molar-refractivity contribution >= 4 is 23.5 Å². The number of ether oxygens (including phenoxy) is 2. The van der Waals surface area contributed by atoms with Gasteiger partial charge in [-0.15, -0.1) is 23.5 Å². The fourth-order valence-corrected chi connectivity index (χ4v) is 6.31. The van der Waals surface area contributed by atoms with Gasteiger partial charge < -0.3 is 14.6 Å². The lowest BCUT2D eigenvalue weighted by Crippen LogP contribution is -2.41. The highest BCUT2D eigenvalue weighted by Gasteiger charge is 2.45. The zero-order valence-electron chi connectivity index (χ0n) is 13.2. The molecule has 0 unspecified atom stereocenters. The Balaban J connectivity index is 1.95. The first-order valence-electron chi connectivity index (χ1n) is 7.59. The number of aliphatic hydroxyl groups excluding tert-OH is 1. The molecule has 2 rings (SSSR count). The van der Waals surface area contributed by atoms with Gasteiger partial charge in [0, 0.05) is 11.8 Å². The van der Waals surface area contributed by atoms with Crippen molar-refractivity contribution in [3.8, 4) is 0 Å². The molecule has 118 valence electrons. The Morgan fingerprint density at radius 1 is 1.10 bits per heavy atom. The highest BCUT2D eigenvalue weighted by molar-refractivity contribution is 8.17. The average molecular weight is 321 g/mol. The molecule has 0 amide bonds. The van der Waals surface area contributed by atoms with E-state index in [1.165, 1.54) is 17.9 Å². The second kappa shape index (κ2) is 6.78. The molecule has 2 heterocycles. The maximum absolute atomic E-state index is 10.7. The minimum absolute atomic E-state index is 0.0268. The topological polar surface area (TPSA) is 38.7 Å². The zero-order chi connectivity index (χ0) is 14.9. The van der Waals surface area contributed by atoms with Gasteiger partial charge in [-0.2, -0.15) is 0 Å². The van der Waals surface area contributed by atoms with Crippen molar-refractivity contribution < 1.29 is 14.6 Å². The summed E-state index contributed by atoms with van der Waals surface area (Å²) >= 11 is 3.98. The van der Waals surface area contributed by atoms with Crippen LogP contribution in [0.15, 0.2) is 0 Å². The molecular weight excluding hydrogens is 292 g/mol. The zero-order valence-corrected chi connectivity index (χ0v) is 14.8. The normalized spacial score (nSPS) is 35.7. The van der Waals surface area contributed by atoms with Crippen molar-refractivity contribution in [2.45, 2.75) is 69.7 Å². The molecule has 20 heavy (non-hydrogen) atoms. The minimum atomic E-state index is -0.532. The summed E-state index contributed by atoms with van der Waals surface area (Å²) in [6.45, 7) is 10.2. The maximum atomic E-state index is 10.7. The van der Waals surface area contributed by atoms with Crippen LogP contribution in [-0.2, 0) is 9.47 Å². The van der Waals surface area contributed by atoms with E-state index in [4.69, 9.17) is 9.47 Å². The summed E-state index contributed by atoms with van der Waals surface area (Å²) in [6.07, 6.45) is 0.951. The molecule has 5 atom stereocenters. The molecule has 0 radical (unpaired) electrons. The van der Waals surface area contributed by atoms with E-state index in [-0.39, 0.29) is 30.1 Å². The number of rotatable bonds is 4. The van der Waals surface area contributed by atoms with Crippen LogP contribution in [0, 0.1) is 11.8 Å². The van der Waals surface area contributed by atoms with Crippen LogP contribution in [-0.4, -0.2) is 45.3 Å². The SMILES string of the molecule is C[C@H]([C@H](O)[C@@H](C)C1SCCCS1)[C@@H]1OC(C)(C)O[C@H]1C. The van der Waals surface area contributed by atoms with Gasteiger partial charge in [-0.25, -0.2) is 0 Å². The molecule has 0 aliphatic carbocycles. The van der Waals surface area contributed by atoms with Gasteiger partial charge in [0.25, 0.3) is 0 Å². The van der Waals surface area contributed by atoms with Crippen LogP contribution < -0.4 is 0 Å². The fraction of sp³-hybridized carbons (Fsp3) is 1.00. The summed E-state index contributed by atoms with van der Waals surface area (Å²) in [5.41, 5.74) is 0. The van der Waals surface area contributed by atoms with Crippen LogP contribution in [0.5, 0.6) is 0 Å². The van der Waals surface area contributed by atoms with Crippen molar-refractivity contribution in [3.05, 3.63) is 0 Å². The van der Waals surface area contributed by atoms with E-state index in [0.29, 0.717) is 4.58 Å². The first-order chi connectivity index (χ1) is 9.32. The van der Waals surface area contributed by atoms with E-state index in [1.807, 2.05) is 44.3 Å². The Hall–Kier alpha value is 0.580. The first-order valence-corrected chi connectivity index (χ1v) is 9.68. The summed E-state index contributed by atoms with van der Waals surface area (Å²) in [7, 11) is 0. The van der Waals surface area contributed by atoms with E-state index < -0.39 is 5.79 Å². The van der Waals surface area contributed by atoms with Crippen molar-refractivity contribution in [1.29, 1.82) is 0 Å². The molecule has 0 aromatic rings. The predicted octanol–water partition coefficient (Wildman–Crippen LogP) is 3.36. The lowest BCUT2D eigenvalue weighted by molar-refractivity contribution is -0.153. The highest BCUT2D eigenvalue weighted by Crippen LogP contribution is 2.40. The van der Waals surface area contributed by atoms with Gasteiger partial charge in [0.1, 0.15) is 0 Å². The van der Waals surface area contributed by atoms with Crippen molar-refractivity contribution in [2.24, 2.45) is 11.8 Å². The van der Waals surface area contributed by atoms with Gasteiger partial charge in [0.15, 0.2) is 5.79 Å². The van der Waals surface area contributed by atoms with Gasteiger partial charge in [-0.05, 0) is 38.7 Å². The lowest BCUT2D eigenvalue weighted by atomic mass is 9.88. The summed E-state index contributed by atoms with van der Waals surface area (Å²) in [5, 5.41) is 10.7. The van der Waals surface area contributed by atoms with E-state index >= 15 is 0 Å². The van der Waals surface area contributed by atoms with Crippen molar-refractivity contribution in [2.75, 3.05) is 11.5 Å². The van der Waals surface area contributed by atoms with Crippen LogP contribution in [0.3, 0.4) is 0 Å². The summed E-state index contributed by atoms with van der Waals surface area (Å²) < 4.78 is 12.3. The Morgan fingerprint density at radius 3 is 2.20 bits per heavy atom. The van der Waals surface area contributed by atoms with Gasteiger partial charge in [-0.3, -0.25) is 0 Å². The predicted molar refractivity (Wildman–Crippen MR) is 87.2 cm³/mol. The maximum Gasteiger partial charge on any atom is 0.163 e.